The third kappa shape index (κ3) is 3.86. The maximum atomic E-state index is 13.1. The molecule has 1 fully saturated rings. The molecular formula is C20H20FN5O. The quantitative estimate of drug-likeness (QED) is 0.713. The van der Waals surface area contributed by atoms with E-state index in [0.29, 0.717) is 6.54 Å². The first-order valence-corrected chi connectivity index (χ1v) is 9.02. The summed E-state index contributed by atoms with van der Waals surface area (Å²) in [5, 5.41) is 0. The number of hydrogen-bond acceptors (Lipinski definition) is 4. The first kappa shape index (κ1) is 17.3. The van der Waals surface area contributed by atoms with Crippen LogP contribution in [0.1, 0.15) is 30.0 Å². The highest BCUT2D eigenvalue weighted by molar-refractivity contribution is 5.79. The van der Waals surface area contributed by atoms with E-state index in [1.165, 1.54) is 12.1 Å². The van der Waals surface area contributed by atoms with Crippen LogP contribution in [0.5, 0.6) is 0 Å². The van der Waals surface area contributed by atoms with Gasteiger partial charge in [-0.25, -0.2) is 14.4 Å². The van der Waals surface area contributed by atoms with Gasteiger partial charge in [0.1, 0.15) is 12.1 Å². The van der Waals surface area contributed by atoms with Crippen molar-refractivity contribution in [1.82, 2.24) is 24.4 Å². The average molecular weight is 365 g/mol. The number of benzene rings is 1. The lowest BCUT2D eigenvalue weighted by Crippen LogP contribution is -2.40. The van der Waals surface area contributed by atoms with Gasteiger partial charge < -0.3 is 4.90 Å². The minimum atomic E-state index is -0.293. The Morgan fingerprint density at radius 3 is 2.74 bits per heavy atom. The van der Waals surface area contributed by atoms with Crippen molar-refractivity contribution < 1.29 is 9.18 Å². The summed E-state index contributed by atoms with van der Waals surface area (Å²) in [4.78, 5) is 27.7. The van der Waals surface area contributed by atoms with Crippen molar-refractivity contribution in [3.05, 3.63) is 72.5 Å². The first-order chi connectivity index (χ1) is 13.2. The molecule has 1 aliphatic heterocycles. The number of amides is 1. The van der Waals surface area contributed by atoms with Gasteiger partial charge in [-0.1, -0.05) is 12.1 Å². The van der Waals surface area contributed by atoms with Crippen LogP contribution in [-0.4, -0.2) is 43.4 Å². The summed E-state index contributed by atoms with van der Waals surface area (Å²) in [6, 6.07) is 6.10. The second kappa shape index (κ2) is 7.65. The Morgan fingerprint density at radius 2 is 1.96 bits per heavy atom. The number of aromatic nitrogens is 4. The van der Waals surface area contributed by atoms with E-state index in [1.807, 2.05) is 15.7 Å². The molecular weight excluding hydrogens is 345 g/mol. The molecule has 1 saturated heterocycles. The van der Waals surface area contributed by atoms with Crippen LogP contribution in [0.15, 0.2) is 55.4 Å². The number of carbonyl (C=O) groups excluding carboxylic acids is 1. The predicted molar refractivity (Wildman–Crippen MR) is 97.8 cm³/mol. The van der Waals surface area contributed by atoms with Crippen LogP contribution in [0.2, 0.25) is 0 Å². The molecule has 1 aromatic carbocycles. The smallest absolute Gasteiger partial charge is 0.227 e. The number of piperidine rings is 1. The van der Waals surface area contributed by atoms with Crippen LogP contribution in [0.3, 0.4) is 0 Å². The Labute approximate surface area is 156 Å². The number of hydrogen-bond donors (Lipinski definition) is 0. The zero-order valence-corrected chi connectivity index (χ0v) is 14.8. The zero-order chi connectivity index (χ0) is 18.6. The Morgan fingerprint density at radius 1 is 1.15 bits per heavy atom. The van der Waals surface area contributed by atoms with Crippen LogP contribution in [-0.2, 0) is 11.2 Å². The van der Waals surface area contributed by atoms with Crippen LogP contribution in [0.25, 0.3) is 5.82 Å². The topological polar surface area (TPSA) is 63.9 Å². The molecule has 4 rings (SSSR count). The molecule has 3 aromatic rings. The third-order valence-electron chi connectivity index (χ3n) is 4.88. The van der Waals surface area contributed by atoms with Gasteiger partial charge in [0.15, 0.2) is 5.82 Å². The molecule has 7 heteroatoms. The summed E-state index contributed by atoms with van der Waals surface area (Å²) in [6.07, 6.45) is 10.8. The van der Waals surface area contributed by atoms with Gasteiger partial charge in [-0.3, -0.25) is 14.3 Å². The van der Waals surface area contributed by atoms with Gasteiger partial charge in [0.05, 0.1) is 12.1 Å². The number of nitrogens with zero attached hydrogens (tertiary/aromatic N) is 5. The fourth-order valence-corrected chi connectivity index (χ4v) is 3.53. The molecule has 1 atom stereocenters. The highest BCUT2D eigenvalue weighted by Crippen LogP contribution is 2.29. The van der Waals surface area contributed by atoms with Gasteiger partial charge in [-0.05, 0) is 30.5 Å². The number of likely N-dealkylation sites (tertiary alicyclic amines) is 1. The summed E-state index contributed by atoms with van der Waals surface area (Å²) < 4.78 is 14.9. The fourth-order valence-electron chi connectivity index (χ4n) is 3.53. The first-order valence-electron chi connectivity index (χ1n) is 9.02. The normalized spacial score (nSPS) is 17.1. The van der Waals surface area contributed by atoms with Gasteiger partial charge in [-0.15, -0.1) is 0 Å². The van der Waals surface area contributed by atoms with E-state index in [-0.39, 0.29) is 24.1 Å². The molecule has 0 spiro atoms. The van der Waals surface area contributed by atoms with E-state index in [9.17, 15) is 9.18 Å². The lowest BCUT2D eigenvalue weighted by molar-refractivity contribution is -0.131. The van der Waals surface area contributed by atoms with Gasteiger partial charge >= 0.3 is 0 Å². The van der Waals surface area contributed by atoms with Crippen LogP contribution in [0, 0.1) is 5.82 Å². The Balaban J connectivity index is 1.50. The molecule has 0 bridgehead atoms. The van der Waals surface area contributed by atoms with E-state index in [4.69, 9.17) is 0 Å². The second-order valence-electron chi connectivity index (χ2n) is 6.72. The summed E-state index contributed by atoms with van der Waals surface area (Å²) in [5.74, 6) is 0.646. The largest absolute Gasteiger partial charge is 0.342 e. The number of carbonyl (C=O) groups is 1. The lowest BCUT2D eigenvalue weighted by Gasteiger charge is -2.33. The molecule has 138 valence electrons. The van der Waals surface area contributed by atoms with E-state index < -0.39 is 0 Å². The molecule has 6 nitrogen and oxygen atoms in total. The van der Waals surface area contributed by atoms with Crippen molar-refractivity contribution in [1.29, 1.82) is 0 Å². The Kier molecular flexibility index (Phi) is 4.91. The Bertz CT molecular complexity index is 910. The number of imidazole rings is 1. The summed E-state index contributed by atoms with van der Waals surface area (Å²) in [5.41, 5.74) is 1.71. The van der Waals surface area contributed by atoms with E-state index in [1.54, 1.807) is 37.1 Å². The number of rotatable bonds is 4. The molecule has 0 saturated carbocycles. The summed E-state index contributed by atoms with van der Waals surface area (Å²) >= 11 is 0. The van der Waals surface area contributed by atoms with E-state index >= 15 is 0 Å². The monoisotopic (exact) mass is 365 g/mol. The molecule has 0 aliphatic carbocycles. The Hall–Kier alpha value is -3.09. The van der Waals surface area contributed by atoms with Crippen LogP contribution < -0.4 is 0 Å². The average Bonchev–Trinajstić information content (AvgIpc) is 3.24. The number of halogens is 1. The lowest BCUT2D eigenvalue weighted by atomic mass is 9.93. The minimum Gasteiger partial charge on any atom is -0.342 e. The highest BCUT2D eigenvalue weighted by atomic mass is 19.1. The van der Waals surface area contributed by atoms with Gasteiger partial charge in [0.25, 0.3) is 0 Å². The molecule has 2 aromatic heterocycles. The fraction of sp³-hybridized carbons (Fsp3) is 0.300. The SMILES string of the molecule is O=C(Cc1ccc(F)cc1)N1CCC[C@H](c2nccnc2-n2ccnc2)C1. The molecule has 1 amide bonds. The maximum Gasteiger partial charge on any atom is 0.227 e. The standard InChI is InChI=1S/C20H20FN5O/c21-17-5-3-15(4-6-17)12-18(27)25-10-1-2-16(13-25)19-20(24-8-7-23-19)26-11-9-22-14-26/h3-9,11,14,16H,1-2,10,12-13H2/t16-/m0/s1. The molecule has 0 N–H and O–H groups in total. The molecule has 0 radical (unpaired) electrons. The maximum absolute atomic E-state index is 13.1. The van der Waals surface area contributed by atoms with Crippen molar-refractivity contribution in [3.8, 4) is 5.82 Å². The van der Waals surface area contributed by atoms with Crippen LogP contribution >= 0.6 is 0 Å². The van der Waals surface area contributed by atoms with Crippen molar-refractivity contribution in [3.63, 3.8) is 0 Å². The van der Waals surface area contributed by atoms with Crippen LogP contribution in [0.4, 0.5) is 4.39 Å². The zero-order valence-electron chi connectivity index (χ0n) is 14.8. The molecule has 1 aliphatic rings. The van der Waals surface area contributed by atoms with Crippen molar-refractivity contribution >= 4 is 5.91 Å². The van der Waals surface area contributed by atoms with Crippen molar-refractivity contribution in [2.75, 3.05) is 13.1 Å². The van der Waals surface area contributed by atoms with Gasteiger partial charge in [-0.2, -0.15) is 0 Å². The van der Waals surface area contributed by atoms with Gasteiger partial charge in [0.2, 0.25) is 5.91 Å². The summed E-state index contributed by atoms with van der Waals surface area (Å²) in [6.45, 7) is 1.34. The summed E-state index contributed by atoms with van der Waals surface area (Å²) in [7, 11) is 0. The highest BCUT2D eigenvalue weighted by Gasteiger charge is 2.28. The van der Waals surface area contributed by atoms with Crippen molar-refractivity contribution in [2.24, 2.45) is 0 Å². The van der Waals surface area contributed by atoms with E-state index in [2.05, 4.69) is 15.0 Å². The molecule has 0 unspecified atom stereocenters. The minimum absolute atomic E-state index is 0.0550. The molecule has 27 heavy (non-hydrogen) atoms. The molecule has 3 heterocycles. The van der Waals surface area contributed by atoms with Crippen molar-refractivity contribution in [2.45, 2.75) is 25.2 Å². The predicted octanol–water partition coefficient (Wildman–Crippen LogP) is 2.75. The van der Waals surface area contributed by atoms with Gasteiger partial charge in [0, 0.05) is 43.8 Å². The third-order valence-corrected chi connectivity index (χ3v) is 4.88. The second-order valence-corrected chi connectivity index (χ2v) is 6.72. The van der Waals surface area contributed by atoms with E-state index in [0.717, 1.165) is 36.5 Å².